The van der Waals surface area contributed by atoms with Crippen LogP contribution in [0.4, 0.5) is 17.3 Å². The van der Waals surface area contributed by atoms with Gasteiger partial charge in [0, 0.05) is 24.8 Å². The Bertz CT molecular complexity index is 552. The second kappa shape index (κ2) is 7.47. The lowest BCUT2D eigenvalue weighted by Crippen LogP contribution is -2.23. The quantitative estimate of drug-likeness (QED) is 0.844. The fraction of sp³-hybridized carbons (Fsp3) is 0.375. The Morgan fingerprint density at radius 1 is 1.05 bits per heavy atom. The molecule has 0 aliphatic carbocycles. The van der Waals surface area contributed by atoms with Gasteiger partial charge < -0.3 is 15.0 Å². The molecule has 0 saturated carbocycles. The Labute approximate surface area is 126 Å². The van der Waals surface area contributed by atoms with Gasteiger partial charge in [0.2, 0.25) is 0 Å². The number of rotatable bonds is 7. The molecule has 5 nitrogen and oxygen atoms in total. The zero-order chi connectivity index (χ0) is 15.1. The molecule has 1 N–H and O–H groups in total. The van der Waals surface area contributed by atoms with Crippen LogP contribution in [0.3, 0.4) is 0 Å². The van der Waals surface area contributed by atoms with E-state index in [0.717, 1.165) is 36.2 Å². The van der Waals surface area contributed by atoms with Crippen molar-refractivity contribution in [1.82, 2.24) is 9.97 Å². The van der Waals surface area contributed by atoms with Crippen LogP contribution < -0.4 is 15.0 Å². The minimum absolute atomic E-state index is 0.673. The fourth-order valence-electron chi connectivity index (χ4n) is 2.08. The van der Waals surface area contributed by atoms with Gasteiger partial charge in [-0.2, -0.15) is 0 Å². The largest absolute Gasteiger partial charge is 0.494 e. The van der Waals surface area contributed by atoms with Crippen molar-refractivity contribution in [3.05, 3.63) is 36.7 Å². The molecule has 0 bridgehead atoms. The number of hydrogen-bond acceptors (Lipinski definition) is 5. The molecular formula is C16H22N4O. The fourth-order valence-corrected chi connectivity index (χ4v) is 2.08. The lowest BCUT2D eigenvalue weighted by molar-refractivity contribution is 0.340. The number of ether oxygens (including phenoxy) is 1. The highest BCUT2D eigenvalue weighted by Gasteiger charge is 2.05. The van der Waals surface area contributed by atoms with Crippen LogP contribution in [0.5, 0.6) is 5.75 Å². The van der Waals surface area contributed by atoms with Gasteiger partial charge >= 0.3 is 0 Å². The van der Waals surface area contributed by atoms with Gasteiger partial charge in [0.25, 0.3) is 0 Å². The van der Waals surface area contributed by atoms with Gasteiger partial charge in [0.1, 0.15) is 23.7 Å². The van der Waals surface area contributed by atoms with Crippen LogP contribution in [0.25, 0.3) is 0 Å². The summed E-state index contributed by atoms with van der Waals surface area (Å²) in [7, 11) is 0. The zero-order valence-corrected chi connectivity index (χ0v) is 12.8. The molecule has 0 amide bonds. The molecule has 1 aromatic carbocycles. The van der Waals surface area contributed by atoms with Gasteiger partial charge in [0.05, 0.1) is 6.61 Å². The molecule has 0 unspecified atom stereocenters. The molecule has 0 aliphatic heterocycles. The highest BCUT2D eigenvalue weighted by molar-refractivity contribution is 5.59. The summed E-state index contributed by atoms with van der Waals surface area (Å²) < 4.78 is 5.43. The van der Waals surface area contributed by atoms with Crippen molar-refractivity contribution < 1.29 is 4.74 Å². The van der Waals surface area contributed by atoms with E-state index in [1.54, 1.807) is 6.33 Å². The van der Waals surface area contributed by atoms with Crippen LogP contribution in [-0.4, -0.2) is 29.7 Å². The first kappa shape index (κ1) is 15.1. The Balaban J connectivity index is 2.10. The first-order valence-electron chi connectivity index (χ1n) is 7.33. The average Bonchev–Trinajstić information content (AvgIpc) is 2.51. The third-order valence-corrected chi connectivity index (χ3v) is 3.18. The maximum Gasteiger partial charge on any atom is 0.135 e. The van der Waals surface area contributed by atoms with Crippen molar-refractivity contribution in [2.24, 2.45) is 0 Å². The zero-order valence-electron chi connectivity index (χ0n) is 12.8. The Morgan fingerprint density at radius 2 is 1.76 bits per heavy atom. The van der Waals surface area contributed by atoms with Gasteiger partial charge in [0.15, 0.2) is 0 Å². The van der Waals surface area contributed by atoms with Crippen LogP contribution in [0.2, 0.25) is 0 Å². The van der Waals surface area contributed by atoms with E-state index in [1.165, 1.54) is 0 Å². The third-order valence-electron chi connectivity index (χ3n) is 3.18. The molecule has 0 aliphatic rings. The normalized spacial score (nSPS) is 10.2. The maximum atomic E-state index is 5.43. The summed E-state index contributed by atoms with van der Waals surface area (Å²) >= 11 is 0. The molecule has 1 aromatic heterocycles. The van der Waals surface area contributed by atoms with Crippen molar-refractivity contribution in [2.45, 2.75) is 20.8 Å². The number of anilines is 3. The molecule has 0 atom stereocenters. The SMILES string of the molecule is CCOc1ccc(Nc2cc(N(CC)CC)ncn2)cc1. The maximum absolute atomic E-state index is 5.43. The topological polar surface area (TPSA) is 50.3 Å². The third kappa shape index (κ3) is 4.08. The second-order valence-electron chi connectivity index (χ2n) is 4.52. The van der Waals surface area contributed by atoms with Crippen molar-refractivity contribution in [3.63, 3.8) is 0 Å². The number of aromatic nitrogens is 2. The van der Waals surface area contributed by atoms with E-state index in [4.69, 9.17) is 4.74 Å². The standard InChI is InChI=1S/C16H22N4O/c1-4-20(5-2)16-11-15(17-12-18-16)19-13-7-9-14(10-8-13)21-6-3/h7-12H,4-6H2,1-3H3,(H,17,18,19). The molecule has 2 aromatic rings. The van der Waals surface area contributed by atoms with E-state index in [1.807, 2.05) is 37.3 Å². The van der Waals surface area contributed by atoms with E-state index < -0.39 is 0 Å². The predicted molar refractivity (Wildman–Crippen MR) is 86.5 cm³/mol. The van der Waals surface area contributed by atoms with E-state index >= 15 is 0 Å². The van der Waals surface area contributed by atoms with Gasteiger partial charge in [-0.3, -0.25) is 0 Å². The summed E-state index contributed by atoms with van der Waals surface area (Å²) in [6.45, 7) is 8.73. The van der Waals surface area contributed by atoms with E-state index in [-0.39, 0.29) is 0 Å². The van der Waals surface area contributed by atoms with Gasteiger partial charge in [-0.1, -0.05) is 0 Å². The Hall–Kier alpha value is -2.30. The van der Waals surface area contributed by atoms with Gasteiger partial charge in [-0.25, -0.2) is 9.97 Å². The van der Waals surface area contributed by atoms with Crippen LogP contribution in [-0.2, 0) is 0 Å². The molecule has 2 rings (SSSR count). The number of hydrogen-bond donors (Lipinski definition) is 1. The van der Waals surface area contributed by atoms with E-state index in [2.05, 4.69) is 34.0 Å². The van der Waals surface area contributed by atoms with Crippen LogP contribution in [0.1, 0.15) is 20.8 Å². The summed E-state index contributed by atoms with van der Waals surface area (Å²) in [4.78, 5) is 10.8. The smallest absolute Gasteiger partial charge is 0.135 e. The molecule has 1 heterocycles. The average molecular weight is 286 g/mol. The first-order valence-corrected chi connectivity index (χ1v) is 7.33. The van der Waals surface area contributed by atoms with Crippen LogP contribution >= 0.6 is 0 Å². The minimum Gasteiger partial charge on any atom is -0.494 e. The molecule has 0 saturated heterocycles. The minimum atomic E-state index is 0.673. The van der Waals surface area contributed by atoms with Crippen molar-refractivity contribution in [1.29, 1.82) is 0 Å². The van der Waals surface area contributed by atoms with Crippen molar-refractivity contribution in [3.8, 4) is 5.75 Å². The van der Waals surface area contributed by atoms with Gasteiger partial charge in [-0.15, -0.1) is 0 Å². The summed E-state index contributed by atoms with van der Waals surface area (Å²) in [6.07, 6.45) is 1.59. The molecular weight excluding hydrogens is 264 g/mol. The van der Waals surface area contributed by atoms with E-state index in [0.29, 0.717) is 6.61 Å². The van der Waals surface area contributed by atoms with Crippen molar-refractivity contribution >= 4 is 17.3 Å². The highest BCUT2D eigenvalue weighted by Crippen LogP contribution is 2.20. The summed E-state index contributed by atoms with van der Waals surface area (Å²) in [5.74, 6) is 2.59. The monoisotopic (exact) mass is 286 g/mol. The second-order valence-corrected chi connectivity index (χ2v) is 4.52. The molecule has 0 radical (unpaired) electrons. The Kier molecular flexibility index (Phi) is 5.37. The van der Waals surface area contributed by atoms with E-state index in [9.17, 15) is 0 Å². The van der Waals surface area contributed by atoms with Crippen LogP contribution in [0, 0.1) is 0 Å². The number of nitrogens with zero attached hydrogens (tertiary/aromatic N) is 3. The molecule has 5 heteroatoms. The summed E-state index contributed by atoms with van der Waals surface area (Å²) in [6, 6.07) is 9.80. The van der Waals surface area contributed by atoms with Crippen molar-refractivity contribution in [2.75, 3.05) is 29.9 Å². The number of nitrogens with one attached hydrogen (secondary N) is 1. The highest BCUT2D eigenvalue weighted by atomic mass is 16.5. The molecule has 0 spiro atoms. The summed E-state index contributed by atoms with van der Waals surface area (Å²) in [5.41, 5.74) is 0.975. The number of benzene rings is 1. The van der Waals surface area contributed by atoms with Crippen LogP contribution in [0.15, 0.2) is 36.7 Å². The Morgan fingerprint density at radius 3 is 2.38 bits per heavy atom. The first-order chi connectivity index (χ1) is 10.3. The molecule has 0 fully saturated rings. The lowest BCUT2D eigenvalue weighted by atomic mass is 10.3. The molecule has 112 valence electrons. The summed E-state index contributed by atoms with van der Waals surface area (Å²) in [5, 5.41) is 3.28. The van der Waals surface area contributed by atoms with Gasteiger partial charge in [-0.05, 0) is 45.0 Å². The molecule has 21 heavy (non-hydrogen) atoms. The predicted octanol–water partition coefficient (Wildman–Crippen LogP) is 3.47. The lowest BCUT2D eigenvalue weighted by Gasteiger charge is -2.19.